The molecule has 2 aromatic rings. The fourth-order valence-corrected chi connectivity index (χ4v) is 2.55. The number of rotatable bonds is 5. The number of pyridine rings is 1. The van der Waals surface area contributed by atoms with E-state index in [2.05, 4.69) is 20.4 Å². The number of aliphatic hydroxyl groups is 1. The summed E-state index contributed by atoms with van der Waals surface area (Å²) in [6.07, 6.45) is 6.62. The fraction of sp³-hybridized carbons (Fsp3) is 0.312. The number of nitrogens with zero attached hydrogens (tertiary/aromatic N) is 3. The van der Waals surface area contributed by atoms with Gasteiger partial charge in [0, 0.05) is 35.7 Å². The van der Waals surface area contributed by atoms with E-state index in [4.69, 9.17) is 4.74 Å². The Bertz CT molecular complexity index is 819. The van der Waals surface area contributed by atoms with Crippen molar-refractivity contribution in [1.29, 1.82) is 0 Å². The lowest BCUT2D eigenvalue weighted by molar-refractivity contribution is 0.149. The molecule has 2 unspecified atom stereocenters. The molecule has 0 bridgehead atoms. The van der Waals surface area contributed by atoms with Crippen molar-refractivity contribution in [2.24, 2.45) is 4.99 Å². The number of ether oxygens (including phenoxy) is 1. The second-order valence-corrected chi connectivity index (χ2v) is 5.37. The molecular weight excluding hydrogens is 310 g/mol. The third-order valence-electron chi connectivity index (χ3n) is 3.92. The Morgan fingerprint density at radius 3 is 3.00 bits per heavy atom. The molecule has 1 aliphatic heterocycles. The van der Waals surface area contributed by atoms with Gasteiger partial charge in [-0.25, -0.2) is 14.7 Å². The van der Waals surface area contributed by atoms with Gasteiger partial charge in [0.1, 0.15) is 6.23 Å². The molecule has 3 N–H and O–H groups in total. The highest BCUT2D eigenvalue weighted by Crippen LogP contribution is 2.23. The molecule has 0 aliphatic carbocycles. The van der Waals surface area contributed by atoms with Crippen LogP contribution in [0.2, 0.25) is 0 Å². The van der Waals surface area contributed by atoms with Crippen molar-refractivity contribution in [3.8, 4) is 5.82 Å². The topological polar surface area (TPSA) is 105 Å². The number of H-pyrrole nitrogens is 1. The quantitative estimate of drug-likeness (QED) is 0.704. The van der Waals surface area contributed by atoms with Crippen molar-refractivity contribution in [2.45, 2.75) is 18.6 Å². The van der Waals surface area contributed by atoms with Crippen LogP contribution in [0.1, 0.15) is 29.7 Å². The summed E-state index contributed by atoms with van der Waals surface area (Å²) in [5.74, 6) is 0.869. The molecule has 0 amide bonds. The van der Waals surface area contributed by atoms with Gasteiger partial charge in [-0.05, 0) is 31.7 Å². The molecule has 0 saturated heterocycles. The predicted octanol–water partition coefficient (Wildman–Crippen LogP) is 0.817. The highest BCUT2D eigenvalue weighted by Gasteiger charge is 2.20. The van der Waals surface area contributed by atoms with Crippen molar-refractivity contribution < 1.29 is 9.84 Å². The average Bonchev–Trinajstić information content (AvgIpc) is 3.02. The van der Waals surface area contributed by atoms with Crippen molar-refractivity contribution in [3.63, 3.8) is 0 Å². The normalized spacial score (nSPS) is 18.3. The maximum Gasteiger partial charge on any atom is 0.276 e. The van der Waals surface area contributed by atoms with Crippen LogP contribution in [0.4, 0.5) is 0 Å². The zero-order valence-corrected chi connectivity index (χ0v) is 13.4. The average molecular weight is 329 g/mol. The number of aromatic nitrogens is 3. The molecule has 0 radical (unpaired) electrons. The van der Waals surface area contributed by atoms with Gasteiger partial charge < -0.3 is 9.84 Å². The van der Waals surface area contributed by atoms with Gasteiger partial charge in [-0.2, -0.15) is 0 Å². The van der Waals surface area contributed by atoms with Crippen molar-refractivity contribution in [2.75, 3.05) is 14.2 Å². The van der Waals surface area contributed by atoms with Gasteiger partial charge in [0.2, 0.25) is 5.88 Å². The van der Waals surface area contributed by atoms with Crippen molar-refractivity contribution in [1.82, 2.24) is 20.1 Å². The number of aliphatic imine (C=N–C) groups is 1. The van der Waals surface area contributed by atoms with Gasteiger partial charge in [-0.3, -0.25) is 15.2 Å². The zero-order chi connectivity index (χ0) is 17.1. The van der Waals surface area contributed by atoms with E-state index in [1.54, 1.807) is 38.7 Å². The Morgan fingerprint density at radius 2 is 2.33 bits per heavy atom. The maximum atomic E-state index is 12.7. The van der Waals surface area contributed by atoms with Crippen LogP contribution in [0.15, 0.2) is 46.3 Å². The summed E-state index contributed by atoms with van der Waals surface area (Å²) in [5, 5.41) is 15.4. The van der Waals surface area contributed by atoms with Crippen LogP contribution in [0.3, 0.4) is 0 Å². The number of hydrogen-bond acceptors (Lipinski definition) is 6. The second-order valence-electron chi connectivity index (χ2n) is 5.37. The highest BCUT2D eigenvalue weighted by atomic mass is 16.5. The molecule has 24 heavy (non-hydrogen) atoms. The van der Waals surface area contributed by atoms with Gasteiger partial charge in [0.25, 0.3) is 5.56 Å². The molecular formula is C16H19N5O3. The van der Waals surface area contributed by atoms with Crippen LogP contribution in [0.25, 0.3) is 5.82 Å². The minimum atomic E-state index is -0.790. The van der Waals surface area contributed by atoms with Gasteiger partial charge in [0.05, 0.1) is 7.11 Å². The Labute approximate surface area is 138 Å². The van der Waals surface area contributed by atoms with E-state index in [1.165, 1.54) is 10.9 Å². The minimum absolute atomic E-state index is 0.0900. The Kier molecular flexibility index (Phi) is 4.59. The van der Waals surface area contributed by atoms with Crippen LogP contribution >= 0.6 is 0 Å². The number of nitrogens with one attached hydrogen (secondary N) is 2. The molecule has 8 nitrogen and oxygen atoms in total. The molecule has 0 aromatic carbocycles. The number of aliphatic hydroxyl groups excluding tert-OH is 1. The lowest BCUT2D eigenvalue weighted by Crippen LogP contribution is -2.21. The van der Waals surface area contributed by atoms with Crippen molar-refractivity contribution >= 4 is 6.21 Å². The number of methoxy groups -OCH3 is 1. The van der Waals surface area contributed by atoms with Gasteiger partial charge in [0.15, 0.2) is 5.82 Å². The molecule has 0 fully saturated rings. The summed E-state index contributed by atoms with van der Waals surface area (Å²) >= 11 is 0. The lowest BCUT2D eigenvalue weighted by atomic mass is 9.98. The van der Waals surface area contributed by atoms with E-state index in [1.807, 2.05) is 6.08 Å². The first-order valence-electron chi connectivity index (χ1n) is 7.54. The van der Waals surface area contributed by atoms with Crippen LogP contribution in [0.5, 0.6) is 0 Å². The first-order chi connectivity index (χ1) is 11.6. The monoisotopic (exact) mass is 329 g/mol. The number of allylic oxidation sites excluding steroid dienone is 1. The van der Waals surface area contributed by atoms with E-state index in [-0.39, 0.29) is 11.5 Å². The van der Waals surface area contributed by atoms with Crippen LogP contribution in [-0.4, -0.2) is 40.2 Å². The standard InChI is InChI=1S/C16H19N5O3/c1-17-15(22)11-3-4-13(19-8-11)21-16(23)12(9-20-21)10-5-6-18-14(7-10)24-2/h3-4,6-10,15,17,20,22H,5H2,1-2H3. The van der Waals surface area contributed by atoms with E-state index < -0.39 is 6.23 Å². The fourth-order valence-electron chi connectivity index (χ4n) is 2.55. The summed E-state index contributed by atoms with van der Waals surface area (Å²) in [6.45, 7) is 0. The summed E-state index contributed by atoms with van der Waals surface area (Å²) in [4.78, 5) is 21.0. The number of hydrogen-bond donors (Lipinski definition) is 3. The maximum absolute atomic E-state index is 12.7. The molecule has 0 saturated carbocycles. The molecule has 1 aliphatic rings. The molecule has 2 atom stereocenters. The summed E-state index contributed by atoms with van der Waals surface area (Å²) in [5.41, 5.74) is 1.07. The highest BCUT2D eigenvalue weighted by molar-refractivity contribution is 5.62. The summed E-state index contributed by atoms with van der Waals surface area (Å²) in [7, 11) is 3.20. The van der Waals surface area contributed by atoms with E-state index >= 15 is 0 Å². The minimum Gasteiger partial charge on any atom is -0.481 e. The SMILES string of the molecule is CNC(O)c1ccc(-n2[nH]cc(C3C=C(OC)N=CC3)c2=O)nc1. The van der Waals surface area contributed by atoms with E-state index in [9.17, 15) is 9.90 Å². The largest absolute Gasteiger partial charge is 0.481 e. The van der Waals surface area contributed by atoms with Gasteiger partial charge in [-0.1, -0.05) is 0 Å². The molecule has 2 aromatic heterocycles. The smallest absolute Gasteiger partial charge is 0.276 e. The molecule has 8 heteroatoms. The lowest BCUT2D eigenvalue weighted by Gasteiger charge is -2.12. The van der Waals surface area contributed by atoms with E-state index in [0.717, 1.165) is 0 Å². The van der Waals surface area contributed by atoms with Crippen molar-refractivity contribution in [3.05, 3.63) is 58.0 Å². The molecule has 3 heterocycles. The van der Waals surface area contributed by atoms with Crippen LogP contribution in [0, 0.1) is 0 Å². The third kappa shape index (κ3) is 3.01. The Hall–Kier alpha value is -2.71. The van der Waals surface area contributed by atoms with Crippen LogP contribution in [-0.2, 0) is 4.74 Å². The van der Waals surface area contributed by atoms with E-state index in [0.29, 0.717) is 29.2 Å². The third-order valence-corrected chi connectivity index (χ3v) is 3.92. The summed E-state index contributed by atoms with van der Waals surface area (Å²) in [6, 6.07) is 3.39. The molecule has 0 spiro atoms. The number of aromatic amines is 1. The van der Waals surface area contributed by atoms with Gasteiger partial charge >= 0.3 is 0 Å². The zero-order valence-electron chi connectivity index (χ0n) is 13.4. The molecule has 126 valence electrons. The summed E-state index contributed by atoms with van der Waals surface area (Å²) < 4.78 is 6.49. The predicted molar refractivity (Wildman–Crippen MR) is 89.1 cm³/mol. The first kappa shape index (κ1) is 16.2. The first-order valence-corrected chi connectivity index (χ1v) is 7.54. The second kappa shape index (κ2) is 6.81. The van der Waals surface area contributed by atoms with Gasteiger partial charge in [-0.15, -0.1) is 0 Å². The van der Waals surface area contributed by atoms with Crippen LogP contribution < -0.4 is 10.9 Å². The Morgan fingerprint density at radius 1 is 1.50 bits per heavy atom. The Balaban J connectivity index is 1.89. The molecule has 3 rings (SSSR count).